The second-order valence-electron chi connectivity index (χ2n) is 5.08. The first kappa shape index (κ1) is 14.4. The minimum absolute atomic E-state index is 0.199. The normalized spacial score (nSPS) is 11.7. The zero-order chi connectivity index (χ0) is 15.2. The van der Waals surface area contributed by atoms with E-state index in [0.717, 1.165) is 11.1 Å². The Hall–Kier alpha value is -2.56. The summed E-state index contributed by atoms with van der Waals surface area (Å²) in [5.74, 6) is 6.45. The number of rotatable bonds is 3. The van der Waals surface area contributed by atoms with Gasteiger partial charge >= 0.3 is 0 Å². The first-order chi connectivity index (χ1) is 10.9. The van der Waals surface area contributed by atoms with Crippen LogP contribution in [0.3, 0.4) is 0 Å². The zero-order valence-electron chi connectivity index (χ0n) is 12.6. The zero-order valence-corrected chi connectivity index (χ0v) is 12.6. The number of fused-ring (bicyclic) bond motifs is 1. The van der Waals surface area contributed by atoms with E-state index in [9.17, 15) is 0 Å². The third-order valence-electron chi connectivity index (χ3n) is 3.53. The average molecular weight is 286 g/mol. The number of hydrogen-bond acceptors (Lipinski definition) is 1. The van der Waals surface area contributed by atoms with E-state index in [1.807, 2.05) is 37.3 Å². The van der Waals surface area contributed by atoms with Crippen molar-refractivity contribution in [2.45, 2.75) is 13.0 Å². The Balaban J connectivity index is 1.94. The third-order valence-corrected chi connectivity index (χ3v) is 3.53. The molecule has 1 nitrogen and oxygen atoms in total. The van der Waals surface area contributed by atoms with Crippen molar-refractivity contribution in [1.82, 2.24) is 0 Å². The van der Waals surface area contributed by atoms with Gasteiger partial charge in [-0.25, -0.2) is 0 Å². The van der Waals surface area contributed by atoms with Gasteiger partial charge in [-0.05, 0) is 41.5 Å². The highest BCUT2D eigenvalue weighted by atomic mass is 16.5. The summed E-state index contributed by atoms with van der Waals surface area (Å²) in [6.45, 7) is 2.64. The first-order valence-electron chi connectivity index (χ1n) is 7.53. The van der Waals surface area contributed by atoms with E-state index in [-0.39, 0.29) is 6.10 Å². The van der Waals surface area contributed by atoms with Gasteiger partial charge in [0.05, 0.1) is 0 Å². The Morgan fingerprint density at radius 1 is 0.864 bits per heavy atom. The summed E-state index contributed by atoms with van der Waals surface area (Å²) in [5, 5.41) is 2.45. The monoisotopic (exact) mass is 286 g/mol. The van der Waals surface area contributed by atoms with Gasteiger partial charge in [0.1, 0.15) is 6.10 Å². The lowest BCUT2D eigenvalue weighted by Crippen LogP contribution is -2.01. The highest BCUT2D eigenvalue weighted by Gasteiger charge is 2.08. The van der Waals surface area contributed by atoms with Crippen LogP contribution in [0.1, 0.15) is 24.2 Å². The molecule has 3 aromatic rings. The van der Waals surface area contributed by atoms with E-state index in [2.05, 4.69) is 54.3 Å². The molecule has 1 heteroatoms. The largest absolute Gasteiger partial charge is 0.361 e. The molecule has 0 aliphatic rings. The summed E-state index contributed by atoms with van der Waals surface area (Å²) < 4.78 is 5.83. The van der Waals surface area contributed by atoms with E-state index in [1.54, 1.807) is 0 Å². The molecule has 3 rings (SSSR count). The molecule has 0 fully saturated rings. The van der Waals surface area contributed by atoms with Gasteiger partial charge in [0, 0.05) is 12.2 Å². The number of ether oxygens (including phenoxy) is 1. The predicted octanol–water partition coefficient (Wildman–Crippen LogP) is 4.97. The van der Waals surface area contributed by atoms with Gasteiger partial charge in [0.15, 0.2) is 0 Å². The number of benzene rings is 3. The van der Waals surface area contributed by atoms with E-state index in [0.29, 0.717) is 6.61 Å². The van der Waals surface area contributed by atoms with Gasteiger partial charge in [-0.1, -0.05) is 66.4 Å². The summed E-state index contributed by atoms with van der Waals surface area (Å²) in [7, 11) is 0. The van der Waals surface area contributed by atoms with Gasteiger partial charge in [-0.15, -0.1) is 0 Å². The van der Waals surface area contributed by atoms with Gasteiger partial charge < -0.3 is 4.74 Å². The molecule has 0 aromatic heterocycles. The van der Waals surface area contributed by atoms with Crippen molar-refractivity contribution in [2.75, 3.05) is 6.61 Å². The second kappa shape index (κ2) is 6.93. The Morgan fingerprint density at radius 2 is 1.59 bits per heavy atom. The molecule has 0 spiro atoms. The van der Waals surface area contributed by atoms with Crippen molar-refractivity contribution < 1.29 is 4.74 Å². The third kappa shape index (κ3) is 3.36. The standard InChI is InChI=1S/C21H18O/c1-2-22-21(15-12-17-8-4-3-5-9-17)20-14-13-18-10-6-7-11-19(18)16-20/h3-11,13-14,16,21H,2H2,1H3. The van der Waals surface area contributed by atoms with Crippen LogP contribution in [0.15, 0.2) is 72.8 Å². The fourth-order valence-electron chi connectivity index (χ4n) is 2.43. The SMILES string of the molecule is CCOC(C#Cc1ccccc1)c1ccc2ccccc2c1. The molecular formula is C21H18O. The minimum atomic E-state index is -0.199. The topological polar surface area (TPSA) is 9.23 Å². The summed E-state index contributed by atoms with van der Waals surface area (Å²) in [5.41, 5.74) is 2.11. The minimum Gasteiger partial charge on any atom is -0.361 e. The van der Waals surface area contributed by atoms with Gasteiger partial charge in [0.2, 0.25) is 0 Å². The molecule has 0 aliphatic carbocycles. The molecule has 1 unspecified atom stereocenters. The molecule has 0 amide bonds. The molecule has 108 valence electrons. The molecule has 0 saturated heterocycles. The lowest BCUT2D eigenvalue weighted by atomic mass is 10.0. The van der Waals surface area contributed by atoms with Crippen LogP contribution >= 0.6 is 0 Å². The molecule has 0 bridgehead atoms. The highest BCUT2D eigenvalue weighted by Crippen LogP contribution is 2.22. The summed E-state index contributed by atoms with van der Waals surface area (Å²) in [6.07, 6.45) is -0.199. The molecule has 0 radical (unpaired) electrons. The Kier molecular flexibility index (Phi) is 4.53. The molecule has 22 heavy (non-hydrogen) atoms. The molecule has 0 N–H and O–H groups in total. The van der Waals surface area contributed by atoms with Crippen LogP contribution in [-0.4, -0.2) is 6.61 Å². The van der Waals surface area contributed by atoms with E-state index in [4.69, 9.17) is 4.74 Å². The van der Waals surface area contributed by atoms with Crippen LogP contribution < -0.4 is 0 Å². The van der Waals surface area contributed by atoms with Crippen molar-refractivity contribution >= 4 is 10.8 Å². The van der Waals surface area contributed by atoms with Crippen molar-refractivity contribution in [1.29, 1.82) is 0 Å². The quantitative estimate of drug-likeness (QED) is 0.618. The van der Waals surface area contributed by atoms with E-state index < -0.39 is 0 Å². The van der Waals surface area contributed by atoms with Crippen molar-refractivity contribution in [2.24, 2.45) is 0 Å². The number of hydrogen-bond donors (Lipinski definition) is 0. The van der Waals surface area contributed by atoms with Crippen LogP contribution in [0.4, 0.5) is 0 Å². The lowest BCUT2D eigenvalue weighted by molar-refractivity contribution is 0.104. The molecule has 0 aliphatic heterocycles. The van der Waals surface area contributed by atoms with Crippen LogP contribution in [0.2, 0.25) is 0 Å². The Morgan fingerprint density at radius 3 is 2.36 bits per heavy atom. The molecule has 1 atom stereocenters. The van der Waals surface area contributed by atoms with Crippen LogP contribution in [0.5, 0.6) is 0 Å². The molecule has 0 saturated carbocycles. The van der Waals surface area contributed by atoms with Crippen molar-refractivity contribution in [3.8, 4) is 11.8 Å². The Bertz CT molecular complexity index is 809. The molecule has 0 heterocycles. The Labute approximate surface area is 131 Å². The summed E-state index contributed by atoms with van der Waals surface area (Å²) in [6, 6.07) is 24.7. The van der Waals surface area contributed by atoms with Crippen LogP contribution in [0.25, 0.3) is 10.8 Å². The summed E-state index contributed by atoms with van der Waals surface area (Å²) in [4.78, 5) is 0. The molecular weight excluding hydrogens is 268 g/mol. The predicted molar refractivity (Wildman–Crippen MR) is 91.6 cm³/mol. The lowest BCUT2D eigenvalue weighted by Gasteiger charge is -2.12. The first-order valence-corrected chi connectivity index (χ1v) is 7.53. The van der Waals surface area contributed by atoms with Gasteiger partial charge in [-0.2, -0.15) is 0 Å². The van der Waals surface area contributed by atoms with Crippen LogP contribution in [-0.2, 0) is 4.74 Å². The van der Waals surface area contributed by atoms with Crippen molar-refractivity contribution in [3.05, 3.63) is 83.9 Å². The van der Waals surface area contributed by atoms with E-state index in [1.165, 1.54) is 10.8 Å². The van der Waals surface area contributed by atoms with Crippen LogP contribution in [0, 0.1) is 11.8 Å². The summed E-state index contributed by atoms with van der Waals surface area (Å²) >= 11 is 0. The fraction of sp³-hybridized carbons (Fsp3) is 0.143. The maximum atomic E-state index is 5.83. The smallest absolute Gasteiger partial charge is 0.143 e. The fourth-order valence-corrected chi connectivity index (χ4v) is 2.43. The maximum absolute atomic E-state index is 5.83. The maximum Gasteiger partial charge on any atom is 0.143 e. The van der Waals surface area contributed by atoms with Gasteiger partial charge in [0.25, 0.3) is 0 Å². The highest BCUT2D eigenvalue weighted by molar-refractivity contribution is 5.83. The molecule has 3 aromatic carbocycles. The van der Waals surface area contributed by atoms with E-state index >= 15 is 0 Å². The average Bonchev–Trinajstić information content (AvgIpc) is 2.59. The van der Waals surface area contributed by atoms with Gasteiger partial charge in [-0.3, -0.25) is 0 Å². The second-order valence-corrected chi connectivity index (χ2v) is 5.08. The van der Waals surface area contributed by atoms with Crippen molar-refractivity contribution in [3.63, 3.8) is 0 Å².